The molecular weight excluding hydrogens is 398 g/mol. The largest absolute Gasteiger partial charge is 0.494 e. The number of carbonyl (C=O) groups is 1. The first-order chi connectivity index (χ1) is 15.1. The lowest BCUT2D eigenvalue weighted by Crippen LogP contribution is -2.41. The second-order valence-electron chi connectivity index (χ2n) is 10.4. The van der Waals surface area contributed by atoms with Crippen LogP contribution in [-0.4, -0.2) is 22.3 Å². The number of rotatable bonds is 7. The number of primary amides is 1. The number of hydrogen-bond donors (Lipinski definition) is 1. The molecule has 168 valence electrons. The minimum atomic E-state index is -0.902. The van der Waals surface area contributed by atoms with Gasteiger partial charge in [-0.2, -0.15) is 5.10 Å². The molecule has 0 radical (unpaired) electrons. The van der Waals surface area contributed by atoms with Crippen LogP contribution in [0.5, 0.6) is 5.75 Å². The molecule has 32 heavy (non-hydrogen) atoms. The number of hydrogen-bond acceptors (Lipinski definition) is 3. The summed E-state index contributed by atoms with van der Waals surface area (Å²) in [4.78, 5) is 11.9. The third kappa shape index (κ3) is 4.29. The lowest BCUT2D eigenvalue weighted by molar-refractivity contribution is -0.125. The molecule has 1 aliphatic rings. The highest BCUT2D eigenvalue weighted by Crippen LogP contribution is 2.45. The fourth-order valence-corrected chi connectivity index (χ4v) is 4.24. The maximum absolute atomic E-state index is 11.9. The summed E-state index contributed by atoms with van der Waals surface area (Å²) >= 11 is 0. The van der Waals surface area contributed by atoms with Crippen molar-refractivity contribution in [2.75, 3.05) is 6.61 Å². The van der Waals surface area contributed by atoms with Crippen LogP contribution in [0.3, 0.4) is 0 Å². The lowest BCUT2D eigenvalue weighted by Gasteiger charge is -2.21. The molecule has 2 N–H and O–H groups in total. The Morgan fingerprint density at radius 2 is 1.84 bits per heavy atom. The molecule has 0 spiro atoms. The van der Waals surface area contributed by atoms with Crippen LogP contribution in [0, 0.1) is 5.41 Å². The molecule has 3 aromatic rings. The van der Waals surface area contributed by atoms with Crippen LogP contribution in [0.15, 0.2) is 48.8 Å². The van der Waals surface area contributed by atoms with E-state index >= 15 is 0 Å². The van der Waals surface area contributed by atoms with Gasteiger partial charge in [0.1, 0.15) is 11.3 Å². The Kier molecular flexibility index (Phi) is 5.61. The number of amides is 1. The van der Waals surface area contributed by atoms with Gasteiger partial charge in [0.15, 0.2) is 0 Å². The zero-order valence-corrected chi connectivity index (χ0v) is 19.7. The molecule has 1 aliphatic carbocycles. The first-order valence-electron chi connectivity index (χ1n) is 11.3. The zero-order valence-electron chi connectivity index (χ0n) is 19.7. The molecule has 0 bridgehead atoms. The maximum Gasteiger partial charge on any atom is 0.244 e. The first kappa shape index (κ1) is 22.1. The molecule has 0 fully saturated rings. The van der Waals surface area contributed by atoms with Gasteiger partial charge in [-0.1, -0.05) is 45.0 Å². The number of carbonyl (C=O) groups excluding carboxylic acids is 1. The van der Waals surface area contributed by atoms with Crippen molar-refractivity contribution in [1.82, 2.24) is 9.78 Å². The molecule has 4 rings (SSSR count). The minimum Gasteiger partial charge on any atom is -0.494 e. The van der Waals surface area contributed by atoms with E-state index in [0.29, 0.717) is 12.0 Å². The van der Waals surface area contributed by atoms with E-state index in [0.717, 1.165) is 36.1 Å². The van der Waals surface area contributed by atoms with Gasteiger partial charge in [0.05, 0.1) is 12.8 Å². The number of fused-ring (bicyclic) bond motifs is 3. The molecule has 5 heteroatoms. The van der Waals surface area contributed by atoms with E-state index in [4.69, 9.17) is 10.5 Å². The normalized spacial score (nSPS) is 13.0. The minimum absolute atomic E-state index is 0.301. The summed E-state index contributed by atoms with van der Waals surface area (Å²) in [6, 6.07) is 12.8. The van der Waals surface area contributed by atoms with Gasteiger partial charge in [-0.25, -0.2) is 0 Å². The van der Waals surface area contributed by atoms with Gasteiger partial charge in [-0.3, -0.25) is 9.48 Å². The number of benzene rings is 2. The van der Waals surface area contributed by atoms with E-state index in [1.54, 1.807) is 18.5 Å². The Morgan fingerprint density at radius 3 is 2.56 bits per heavy atom. The first-order valence-corrected chi connectivity index (χ1v) is 11.3. The average Bonchev–Trinajstić information content (AvgIpc) is 3.35. The summed E-state index contributed by atoms with van der Waals surface area (Å²) in [5, 5.41) is 4.47. The predicted molar refractivity (Wildman–Crippen MR) is 129 cm³/mol. The third-order valence-electron chi connectivity index (χ3n) is 6.27. The van der Waals surface area contributed by atoms with E-state index < -0.39 is 11.4 Å². The molecule has 5 nitrogen and oxygen atoms in total. The highest BCUT2D eigenvalue weighted by Gasteiger charge is 2.29. The molecular formula is C27H33N3O2. The van der Waals surface area contributed by atoms with Crippen molar-refractivity contribution in [1.29, 1.82) is 0 Å². The van der Waals surface area contributed by atoms with Crippen LogP contribution in [0.25, 0.3) is 22.3 Å². The third-order valence-corrected chi connectivity index (χ3v) is 6.27. The van der Waals surface area contributed by atoms with Crippen LogP contribution in [0.1, 0.15) is 58.6 Å². The van der Waals surface area contributed by atoms with Gasteiger partial charge in [0.25, 0.3) is 0 Å². The van der Waals surface area contributed by atoms with Crippen molar-refractivity contribution in [2.24, 2.45) is 11.1 Å². The average molecular weight is 432 g/mol. The van der Waals surface area contributed by atoms with Crippen molar-refractivity contribution < 1.29 is 9.53 Å². The molecule has 0 saturated heterocycles. The standard InChI is InChI=1S/C27H33N3O2/c1-26(2,3)11-8-12-32-21-14-19-13-18-9-6-7-10-22(18)24(19)23(15-21)20-16-29-30(17-20)27(4,5)25(28)31/h6-7,9-10,14-17H,8,11-13H2,1-5H3,(H2,28,31). The smallest absolute Gasteiger partial charge is 0.244 e. The van der Waals surface area contributed by atoms with Gasteiger partial charge >= 0.3 is 0 Å². The second kappa shape index (κ2) is 8.12. The highest BCUT2D eigenvalue weighted by molar-refractivity contribution is 5.91. The van der Waals surface area contributed by atoms with Crippen molar-refractivity contribution in [3.63, 3.8) is 0 Å². The monoisotopic (exact) mass is 431 g/mol. The Labute approximate surface area is 190 Å². The van der Waals surface area contributed by atoms with Crippen LogP contribution < -0.4 is 10.5 Å². The van der Waals surface area contributed by atoms with Gasteiger partial charge < -0.3 is 10.5 Å². The van der Waals surface area contributed by atoms with Crippen LogP contribution in [0.4, 0.5) is 0 Å². The Bertz CT molecular complexity index is 1150. The Morgan fingerprint density at radius 1 is 1.09 bits per heavy atom. The van der Waals surface area contributed by atoms with Crippen molar-refractivity contribution >= 4 is 5.91 Å². The fraction of sp³-hybridized carbons (Fsp3) is 0.407. The molecule has 0 saturated carbocycles. The van der Waals surface area contributed by atoms with E-state index in [-0.39, 0.29) is 0 Å². The van der Waals surface area contributed by atoms with Gasteiger partial charge in [0.2, 0.25) is 5.91 Å². The molecule has 0 unspecified atom stereocenters. The van der Waals surface area contributed by atoms with Crippen LogP contribution in [0.2, 0.25) is 0 Å². The summed E-state index contributed by atoms with van der Waals surface area (Å²) < 4.78 is 7.85. The Hall–Kier alpha value is -3.08. The highest BCUT2D eigenvalue weighted by atomic mass is 16.5. The molecule has 0 atom stereocenters. The SMILES string of the molecule is CC(C)(C)CCCOc1cc2c(c(-c3cnn(C(C)(C)C(N)=O)c3)c1)-c1ccccc1C2. The topological polar surface area (TPSA) is 70.1 Å². The molecule has 0 aliphatic heterocycles. The van der Waals surface area contributed by atoms with E-state index in [2.05, 4.69) is 62.3 Å². The summed E-state index contributed by atoms with van der Waals surface area (Å²) in [7, 11) is 0. The summed E-state index contributed by atoms with van der Waals surface area (Å²) in [6.45, 7) is 11.0. The molecule has 1 heterocycles. The lowest BCUT2D eigenvalue weighted by atomic mass is 9.91. The maximum atomic E-state index is 11.9. The summed E-state index contributed by atoms with van der Waals surface area (Å²) in [5.41, 5.74) is 12.1. The molecule has 2 aromatic carbocycles. The molecule has 1 amide bonds. The van der Waals surface area contributed by atoms with Crippen molar-refractivity contribution in [3.8, 4) is 28.0 Å². The van der Waals surface area contributed by atoms with E-state index in [9.17, 15) is 4.79 Å². The number of nitrogens with zero attached hydrogens (tertiary/aromatic N) is 2. The van der Waals surface area contributed by atoms with Crippen LogP contribution in [-0.2, 0) is 16.8 Å². The fourth-order valence-electron chi connectivity index (χ4n) is 4.24. The summed E-state index contributed by atoms with van der Waals surface area (Å²) in [5.74, 6) is 0.459. The van der Waals surface area contributed by atoms with Gasteiger partial charge in [-0.15, -0.1) is 0 Å². The van der Waals surface area contributed by atoms with Gasteiger partial charge in [-0.05, 0) is 78.5 Å². The van der Waals surface area contributed by atoms with Crippen LogP contribution >= 0.6 is 0 Å². The second-order valence-corrected chi connectivity index (χ2v) is 10.4. The Balaban J connectivity index is 1.72. The predicted octanol–water partition coefficient (Wildman–Crippen LogP) is 5.55. The van der Waals surface area contributed by atoms with Gasteiger partial charge in [0, 0.05) is 11.8 Å². The summed E-state index contributed by atoms with van der Waals surface area (Å²) in [6.07, 6.45) is 6.74. The van der Waals surface area contributed by atoms with Crippen molar-refractivity contribution in [3.05, 3.63) is 59.9 Å². The molecule has 1 aromatic heterocycles. The number of nitrogens with two attached hydrogens (primary N) is 1. The zero-order chi connectivity index (χ0) is 23.1. The van der Waals surface area contributed by atoms with Crippen molar-refractivity contribution in [2.45, 2.75) is 59.4 Å². The number of ether oxygens (including phenoxy) is 1. The van der Waals surface area contributed by atoms with E-state index in [1.165, 1.54) is 22.3 Å². The number of aromatic nitrogens is 2. The van der Waals surface area contributed by atoms with E-state index in [1.807, 2.05) is 12.4 Å². The quantitative estimate of drug-likeness (QED) is 0.390.